The summed E-state index contributed by atoms with van der Waals surface area (Å²) in [5.41, 5.74) is -0.178. The molecule has 0 saturated heterocycles. The van der Waals surface area contributed by atoms with Crippen molar-refractivity contribution in [3.8, 4) is 6.07 Å². The molecule has 0 bridgehead atoms. The fourth-order valence-corrected chi connectivity index (χ4v) is 3.15. The summed E-state index contributed by atoms with van der Waals surface area (Å²) in [6, 6.07) is 11.7. The van der Waals surface area contributed by atoms with Gasteiger partial charge >= 0.3 is 0 Å². The van der Waals surface area contributed by atoms with Crippen molar-refractivity contribution in [2.24, 2.45) is 0 Å². The lowest BCUT2D eigenvalue weighted by Gasteiger charge is -2.32. The van der Waals surface area contributed by atoms with Crippen molar-refractivity contribution in [3.05, 3.63) is 35.9 Å². The van der Waals surface area contributed by atoms with Crippen LogP contribution in [-0.2, 0) is 10.0 Å². The molecule has 86 valence electrons. The minimum atomic E-state index is -1.82. The number of halogens is 1. The summed E-state index contributed by atoms with van der Waals surface area (Å²) in [5.74, 6) is 0.151. The molecule has 2 nitrogen and oxygen atoms in total. The van der Waals surface area contributed by atoms with Crippen LogP contribution in [0.5, 0.6) is 0 Å². The maximum absolute atomic E-state index is 9.36. The molecule has 1 atom stereocenters. The first kappa shape index (κ1) is 13.2. The number of alkyl halides is 1. The topological polar surface area (TPSA) is 33.0 Å². The molecule has 0 N–H and O–H groups in total. The summed E-state index contributed by atoms with van der Waals surface area (Å²) in [6.45, 7) is 6.15. The van der Waals surface area contributed by atoms with Gasteiger partial charge in [0.1, 0.15) is 6.07 Å². The van der Waals surface area contributed by atoms with E-state index in [1.807, 2.05) is 30.3 Å². The summed E-state index contributed by atoms with van der Waals surface area (Å²) in [5, 5.41) is 9.36. The summed E-state index contributed by atoms with van der Waals surface area (Å²) in [6.07, 6.45) is 0. The Morgan fingerprint density at radius 3 is 2.25 bits per heavy atom. The van der Waals surface area contributed by atoms with Gasteiger partial charge in [-0.3, -0.25) is 0 Å². The van der Waals surface area contributed by atoms with Crippen molar-refractivity contribution in [2.75, 3.05) is 5.88 Å². The van der Waals surface area contributed by atoms with Crippen molar-refractivity contribution in [1.29, 1.82) is 5.26 Å². The van der Waals surface area contributed by atoms with Crippen molar-refractivity contribution in [1.82, 2.24) is 0 Å². The molecule has 0 heterocycles. The molecule has 0 aliphatic heterocycles. The first-order valence-electron chi connectivity index (χ1n) is 5.16. The van der Waals surface area contributed by atoms with E-state index in [4.69, 9.17) is 16.0 Å². The molecule has 0 fully saturated rings. The van der Waals surface area contributed by atoms with E-state index in [-0.39, 0.29) is 5.88 Å². The highest BCUT2D eigenvalue weighted by Gasteiger charge is 2.37. The Bertz CT molecular complexity index is 382. The van der Waals surface area contributed by atoms with Gasteiger partial charge in [0.25, 0.3) is 0 Å². The monoisotopic (exact) mass is 253 g/mol. The van der Waals surface area contributed by atoms with Crippen molar-refractivity contribution in [2.45, 2.75) is 25.2 Å². The predicted molar refractivity (Wildman–Crippen MR) is 68.9 cm³/mol. The van der Waals surface area contributed by atoms with Crippen LogP contribution in [-0.4, -0.2) is 14.2 Å². The van der Waals surface area contributed by atoms with Crippen LogP contribution in [0, 0.1) is 11.3 Å². The van der Waals surface area contributed by atoms with E-state index in [9.17, 15) is 5.26 Å². The molecule has 0 unspecified atom stereocenters. The van der Waals surface area contributed by atoms with Crippen molar-refractivity contribution >= 4 is 19.9 Å². The van der Waals surface area contributed by atoms with Gasteiger partial charge < -0.3 is 4.43 Å². The Balaban J connectivity index is 3.13. The second-order valence-corrected chi connectivity index (χ2v) is 9.35. The van der Waals surface area contributed by atoms with Gasteiger partial charge in [0.2, 0.25) is 0 Å². The SMILES string of the molecule is C[Si](C)(C)O[C@@](C#N)(CCl)c1ccccc1. The van der Waals surface area contributed by atoms with Gasteiger partial charge in [-0.15, -0.1) is 11.6 Å². The van der Waals surface area contributed by atoms with E-state index in [1.54, 1.807) is 0 Å². The Morgan fingerprint density at radius 1 is 1.31 bits per heavy atom. The van der Waals surface area contributed by atoms with Crippen molar-refractivity contribution in [3.63, 3.8) is 0 Å². The van der Waals surface area contributed by atoms with Crippen LogP contribution >= 0.6 is 11.6 Å². The molecule has 1 rings (SSSR count). The molecule has 1 aromatic carbocycles. The lowest BCUT2D eigenvalue weighted by atomic mass is 9.98. The van der Waals surface area contributed by atoms with E-state index < -0.39 is 13.9 Å². The number of nitrogens with zero attached hydrogens (tertiary/aromatic N) is 1. The molecule has 16 heavy (non-hydrogen) atoms. The van der Waals surface area contributed by atoms with Gasteiger partial charge in [-0.2, -0.15) is 5.26 Å². The largest absolute Gasteiger partial charge is 0.396 e. The molecule has 0 spiro atoms. The molecular formula is C12H16ClNOSi. The number of nitriles is 1. The molecule has 0 saturated carbocycles. The van der Waals surface area contributed by atoms with Crippen LogP contribution in [0.25, 0.3) is 0 Å². The first-order valence-corrected chi connectivity index (χ1v) is 9.11. The third kappa shape index (κ3) is 3.08. The average Bonchev–Trinajstić information content (AvgIpc) is 2.26. The second kappa shape index (κ2) is 5.01. The Kier molecular flexibility index (Phi) is 4.14. The maximum atomic E-state index is 9.36. The fraction of sp³-hybridized carbons (Fsp3) is 0.417. The summed E-state index contributed by atoms with van der Waals surface area (Å²) >= 11 is 5.94. The van der Waals surface area contributed by atoms with E-state index in [0.717, 1.165) is 5.56 Å². The van der Waals surface area contributed by atoms with Gasteiger partial charge in [0.05, 0.1) is 5.88 Å². The van der Waals surface area contributed by atoms with E-state index >= 15 is 0 Å². The van der Waals surface area contributed by atoms with E-state index in [2.05, 4.69) is 25.7 Å². The number of hydrogen-bond acceptors (Lipinski definition) is 2. The lowest BCUT2D eigenvalue weighted by molar-refractivity contribution is 0.144. The van der Waals surface area contributed by atoms with Gasteiger partial charge in [-0.1, -0.05) is 30.3 Å². The first-order chi connectivity index (χ1) is 7.43. The van der Waals surface area contributed by atoms with Crippen LogP contribution < -0.4 is 0 Å². The normalized spacial score (nSPS) is 15.2. The second-order valence-electron chi connectivity index (χ2n) is 4.65. The highest BCUT2D eigenvalue weighted by molar-refractivity contribution is 6.69. The molecule has 0 amide bonds. The third-order valence-corrected chi connectivity index (χ3v) is 3.43. The molecule has 0 radical (unpaired) electrons. The minimum absolute atomic E-state index is 0.151. The van der Waals surface area contributed by atoms with Crippen LogP contribution in [0.4, 0.5) is 0 Å². The van der Waals surface area contributed by atoms with Gasteiger partial charge in [0, 0.05) is 0 Å². The number of rotatable bonds is 4. The zero-order valence-electron chi connectivity index (χ0n) is 9.83. The van der Waals surface area contributed by atoms with Gasteiger partial charge in [-0.05, 0) is 25.2 Å². The van der Waals surface area contributed by atoms with E-state index in [0.29, 0.717) is 0 Å². The van der Waals surface area contributed by atoms with Crippen LogP contribution in [0.15, 0.2) is 30.3 Å². The summed E-state index contributed by atoms with van der Waals surface area (Å²) in [7, 11) is -1.82. The summed E-state index contributed by atoms with van der Waals surface area (Å²) in [4.78, 5) is 0. The van der Waals surface area contributed by atoms with Gasteiger partial charge in [0.15, 0.2) is 13.9 Å². The maximum Gasteiger partial charge on any atom is 0.186 e. The third-order valence-electron chi connectivity index (χ3n) is 2.09. The highest BCUT2D eigenvalue weighted by Crippen LogP contribution is 2.30. The Morgan fingerprint density at radius 2 is 1.88 bits per heavy atom. The Hall–Kier alpha value is -0.823. The highest BCUT2D eigenvalue weighted by atomic mass is 35.5. The number of benzene rings is 1. The summed E-state index contributed by atoms with van der Waals surface area (Å²) < 4.78 is 5.96. The van der Waals surface area contributed by atoms with Crippen LogP contribution in [0.3, 0.4) is 0 Å². The molecule has 0 aliphatic carbocycles. The molecule has 1 aromatic rings. The smallest absolute Gasteiger partial charge is 0.186 e. The molecule has 4 heteroatoms. The Labute approximate surface area is 103 Å². The van der Waals surface area contributed by atoms with Crippen LogP contribution in [0.2, 0.25) is 19.6 Å². The zero-order valence-corrected chi connectivity index (χ0v) is 11.6. The standard InChI is InChI=1S/C12H16ClNOSi/c1-16(2,3)15-12(9-13,10-14)11-7-5-4-6-8-11/h4-8H,9H2,1-3H3/t12-/m1/s1. The molecular weight excluding hydrogens is 238 g/mol. The average molecular weight is 254 g/mol. The van der Waals surface area contributed by atoms with Crippen molar-refractivity contribution < 1.29 is 4.43 Å². The molecule has 0 aliphatic rings. The predicted octanol–water partition coefficient (Wildman–Crippen LogP) is 3.50. The van der Waals surface area contributed by atoms with Gasteiger partial charge in [-0.25, -0.2) is 0 Å². The van der Waals surface area contributed by atoms with E-state index in [1.165, 1.54) is 0 Å². The minimum Gasteiger partial charge on any atom is -0.396 e. The molecule has 0 aromatic heterocycles. The fourth-order valence-electron chi connectivity index (χ4n) is 1.51. The lowest BCUT2D eigenvalue weighted by Crippen LogP contribution is -2.41. The number of hydrogen-bond donors (Lipinski definition) is 0. The van der Waals surface area contributed by atoms with Crippen LogP contribution in [0.1, 0.15) is 5.56 Å². The quantitative estimate of drug-likeness (QED) is 0.608. The zero-order chi connectivity index (χ0) is 12.2.